The molecule has 2 atom stereocenters. The maximum atomic E-state index is 11.5. The molecular formula is C10H20N2O4S. The molecule has 6 nitrogen and oxygen atoms in total. The lowest BCUT2D eigenvalue weighted by atomic mass is 10.1. The van der Waals surface area contributed by atoms with Crippen molar-refractivity contribution in [3.8, 4) is 0 Å². The van der Waals surface area contributed by atoms with Crippen LogP contribution in [0, 0.1) is 0 Å². The van der Waals surface area contributed by atoms with Crippen molar-refractivity contribution in [2.75, 3.05) is 11.5 Å². The van der Waals surface area contributed by atoms with E-state index in [9.17, 15) is 13.2 Å². The molecule has 1 aliphatic heterocycles. The second-order valence-electron chi connectivity index (χ2n) is 5.32. The number of hydrogen-bond acceptors (Lipinski definition) is 5. The van der Waals surface area contributed by atoms with Crippen molar-refractivity contribution in [1.29, 1.82) is 0 Å². The van der Waals surface area contributed by atoms with Gasteiger partial charge in [-0.3, -0.25) is 0 Å². The summed E-state index contributed by atoms with van der Waals surface area (Å²) in [6, 6.07) is -0.908. The van der Waals surface area contributed by atoms with Crippen LogP contribution < -0.4 is 11.1 Å². The van der Waals surface area contributed by atoms with E-state index in [1.54, 1.807) is 20.8 Å². The Morgan fingerprint density at radius 3 is 2.47 bits per heavy atom. The summed E-state index contributed by atoms with van der Waals surface area (Å²) in [6.07, 6.45) is -0.222. The topological polar surface area (TPSA) is 98.5 Å². The van der Waals surface area contributed by atoms with E-state index in [1.165, 1.54) is 0 Å². The van der Waals surface area contributed by atoms with Crippen molar-refractivity contribution in [2.45, 2.75) is 44.9 Å². The molecule has 0 aromatic rings. The van der Waals surface area contributed by atoms with Gasteiger partial charge in [0.05, 0.1) is 11.5 Å². The van der Waals surface area contributed by atoms with E-state index < -0.39 is 27.6 Å². The van der Waals surface area contributed by atoms with Gasteiger partial charge in [-0.05, 0) is 27.2 Å². The molecule has 100 valence electrons. The SMILES string of the molecule is CC(C)(C)OC(=O)N[C@H]1CCS(=O)(=O)C[C@@H]1N. The van der Waals surface area contributed by atoms with Crippen LogP contribution in [-0.4, -0.2) is 43.7 Å². The highest BCUT2D eigenvalue weighted by atomic mass is 32.2. The Morgan fingerprint density at radius 1 is 1.41 bits per heavy atom. The minimum atomic E-state index is -3.05. The van der Waals surface area contributed by atoms with Gasteiger partial charge in [0.2, 0.25) is 0 Å². The highest BCUT2D eigenvalue weighted by Gasteiger charge is 2.32. The Bertz CT molecular complexity index is 386. The van der Waals surface area contributed by atoms with E-state index >= 15 is 0 Å². The molecule has 0 spiro atoms. The second-order valence-corrected chi connectivity index (χ2v) is 7.55. The van der Waals surface area contributed by atoms with Crippen molar-refractivity contribution in [2.24, 2.45) is 5.73 Å². The molecule has 0 aromatic heterocycles. The fourth-order valence-electron chi connectivity index (χ4n) is 1.65. The second kappa shape index (κ2) is 4.81. The van der Waals surface area contributed by atoms with Gasteiger partial charge < -0.3 is 15.8 Å². The molecule has 17 heavy (non-hydrogen) atoms. The van der Waals surface area contributed by atoms with Crippen molar-refractivity contribution < 1.29 is 17.9 Å². The van der Waals surface area contributed by atoms with Crippen LogP contribution in [-0.2, 0) is 14.6 Å². The third-order valence-electron chi connectivity index (χ3n) is 2.41. The van der Waals surface area contributed by atoms with Crippen molar-refractivity contribution in [3.05, 3.63) is 0 Å². The summed E-state index contributed by atoms with van der Waals surface area (Å²) in [5, 5.41) is 2.61. The van der Waals surface area contributed by atoms with Crippen LogP contribution in [0.5, 0.6) is 0 Å². The lowest BCUT2D eigenvalue weighted by Crippen LogP contribution is -2.55. The Hall–Kier alpha value is -0.820. The summed E-state index contributed by atoms with van der Waals surface area (Å²) >= 11 is 0. The maximum Gasteiger partial charge on any atom is 0.407 e. The first-order valence-electron chi connectivity index (χ1n) is 5.54. The van der Waals surface area contributed by atoms with Crippen LogP contribution in [0.3, 0.4) is 0 Å². The maximum absolute atomic E-state index is 11.5. The molecule has 7 heteroatoms. The monoisotopic (exact) mass is 264 g/mol. The van der Waals surface area contributed by atoms with Gasteiger partial charge in [-0.1, -0.05) is 0 Å². The first kappa shape index (κ1) is 14.2. The van der Waals surface area contributed by atoms with Gasteiger partial charge in [-0.25, -0.2) is 13.2 Å². The van der Waals surface area contributed by atoms with E-state index in [1.807, 2.05) is 0 Å². The predicted octanol–water partition coefficient (Wildman–Crippen LogP) is 0.0255. The van der Waals surface area contributed by atoms with Crippen LogP contribution in [0.15, 0.2) is 0 Å². The molecule has 1 rings (SSSR count). The van der Waals surface area contributed by atoms with E-state index in [0.717, 1.165) is 0 Å². The van der Waals surface area contributed by atoms with Gasteiger partial charge >= 0.3 is 6.09 Å². The van der Waals surface area contributed by atoms with Gasteiger partial charge in [-0.2, -0.15) is 0 Å². The highest BCUT2D eigenvalue weighted by Crippen LogP contribution is 2.13. The Balaban J connectivity index is 2.51. The molecule has 0 bridgehead atoms. The molecule has 1 fully saturated rings. The zero-order valence-electron chi connectivity index (χ0n) is 10.4. The molecule has 0 unspecified atom stereocenters. The predicted molar refractivity (Wildman–Crippen MR) is 64.4 cm³/mol. The smallest absolute Gasteiger partial charge is 0.407 e. The Labute approximate surface area is 102 Å². The van der Waals surface area contributed by atoms with Gasteiger partial charge in [0.1, 0.15) is 5.60 Å². The fraction of sp³-hybridized carbons (Fsp3) is 0.900. The molecule has 1 aliphatic rings. The average Bonchev–Trinajstić information content (AvgIpc) is 2.06. The summed E-state index contributed by atoms with van der Waals surface area (Å²) in [6.45, 7) is 5.29. The number of ether oxygens (including phenoxy) is 1. The standard InChI is InChI=1S/C10H20N2O4S/c1-10(2,3)16-9(13)12-8-4-5-17(14,15)6-7(8)11/h7-8H,4-6,11H2,1-3H3,(H,12,13)/t7-,8-/m0/s1. The number of carbonyl (C=O) groups is 1. The van der Waals surface area contributed by atoms with Crippen LogP contribution >= 0.6 is 0 Å². The molecule has 0 saturated carbocycles. The largest absolute Gasteiger partial charge is 0.444 e. The summed E-state index contributed by atoms with van der Waals surface area (Å²) < 4.78 is 27.7. The van der Waals surface area contributed by atoms with Gasteiger partial charge in [-0.15, -0.1) is 0 Å². The number of nitrogens with two attached hydrogens (primary N) is 1. The number of sulfone groups is 1. The zero-order valence-corrected chi connectivity index (χ0v) is 11.2. The van der Waals surface area contributed by atoms with E-state index in [2.05, 4.69) is 5.32 Å². The number of nitrogens with one attached hydrogen (secondary N) is 1. The third-order valence-corrected chi connectivity index (χ3v) is 4.16. The fourth-order valence-corrected chi connectivity index (χ4v) is 3.25. The number of amides is 1. The molecule has 3 N–H and O–H groups in total. The lowest BCUT2D eigenvalue weighted by Gasteiger charge is -2.30. The number of carbonyl (C=O) groups excluding carboxylic acids is 1. The minimum absolute atomic E-state index is 0.0567. The molecule has 0 radical (unpaired) electrons. The van der Waals surface area contributed by atoms with Crippen LogP contribution in [0.25, 0.3) is 0 Å². The third kappa shape index (κ3) is 4.91. The van der Waals surface area contributed by atoms with Crippen LogP contribution in [0.2, 0.25) is 0 Å². The van der Waals surface area contributed by atoms with E-state index in [0.29, 0.717) is 6.42 Å². The highest BCUT2D eigenvalue weighted by molar-refractivity contribution is 7.91. The van der Waals surface area contributed by atoms with Crippen LogP contribution in [0.1, 0.15) is 27.2 Å². The molecule has 1 saturated heterocycles. The molecule has 1 heterocycles. The number of hydrogen-bond donors (Lipinski definition) is 2. The van der Waals surface area contributed by atoms with E-state index in [-0.39, 0.29) is 17.5 Å². The quantitative estimate of drug-likeness (QED) is 0.696. The van der Waals surface area contributed by atoms with Gasteiger partial charge in [0, 0.05) is 12.1 Å². The normalized spacial score (nSPS) is 28.5. The summed E-state index contributed by atoms with van der Waals surface area (Å²) in [7, 11) is -3.05. The lowest BCUT2D eigenvalue weighted by molar-refractivity contribution is 0.0496. The molecule has 0 aliphatic carbocycles. The molecule has 0 aromatic carbocycles. The first-order chi connectivity index (χ1) is 7.59. The Kier molecular flexibility index (Phi) is 4.03. The first-order valence-corrected chi connectivity index (χ1v) is 7.37. The average molecular weight is 264 g/mol. The zero-order chi connectivity index (χ0) is 13.3. The molecule has 1 amide bonds. The summed E-state index contributed by atoms with van der Waals surface area (Å²) in [4.78, 5) is 11.5. The minimum Gasteiger partial charge on any atom is -0.444 e. The summed E-state index contributed by atoms with van der Waals surface area (Å²) in [5.74, 6) is -0.0331. The van der Waals surface area contributed by atoms with Gasteiger partial charge in [0.15, 0.2) is 9.84 Å². The van der Waals surface area contributed by atoms with Crippen molar-refractivity contribution >= 4 is 15.9 Å². The number of alkyl carbamates (subject to hydrolysis) is 1. The Morgan fingerprint density at radius 2 is 2.00 bits per heavy atom. The molecular weight excluding hydrogens is 244 g/mol. The van der Waals surface area contributed by atoms with Crippen molar-refractivity contribution in [1.82, 2.24) is 5.32 Å². The van der Waals surface area contributed by atoms with Crippen LogP contribution in [0.4, 0.5) is 4.79 Å². The summed E-state index contributed by atoms with van der Waals surface area (Å²) in [5.41, 5.74) is 5.14. The van der Waals surface area contributed by atoms with E-state index in [4.69, 9.17) is 10.5 Å². The van der Waals surface area contributed by atoms with Crippen molar-refractivity contribution in [3.63, 3.8) is 0 Å². The number of rotatable bonds is 1. The van der Waals surface area contributed by atoms with Gasteiger partial charge in [0.25, 0.3) is 0 Å².